The van der Waals surface area contributed by atoms with Crippen molar-refractivity contribution in [2.24, 2.45) is 0 Å². The van der Waals surface area contributed by atoms with E-state index >= 15 is 0 Å². The van der Waals surface area contributed by atoms with Crippen LogP contribution in [-0.2, 0) is 0 Å². The van der Waals surface area contributed by atoms with Gasteiger partial charge in [-0.1, -0.05) is 0 Å². The zero-order chi connectivity index (χ0) is 11.3. The Labute approximate surface area is 88.1 Å². The van der Waals surface area contributed by atoms with E-state index in [2.05, 4.69) is 0 Å². The second-order valence-electron chi connectivity index (χ2n) is 3.28. The van der Waals surface area contributed by atoms with E-state index in [0.717, 1.165) is 0 Å². The van der Waals surface area contributed by atoms with Crippen LogP contribution in [0.5, 0.6) is 5.75 Å². The first-order chi connectivity index (χ1) is 7.15. The number of benzene rings is 1. The quantitative estimate of drug-likeness (QED) is 0.732. The number of aliphatic hydroxyl groups is 2. The van der Waals surface area contributed by atoms with E-state index in [1.165, 1.54) is 18.2 Å². The molecule has 0 aromatic heterocycles. The minimum Gasteiger partial charge on any atom is -0.493 e. The van der Waals surface area contributed by atoms with Crippen LogP contribution in [0.3, 0.4) is 0 Å². The highest BCUT2D eigenvalue weighted by molar-refractivity contribution is 5.35. The molecule has 1 atom stereocenters. The lowest BCUT2D eigenvalue weighted by Crippen LogP contribution is -2.04. The molecule has 1 aromatic rings. The molecule has 2 N–H and O–H groups in total. The van der Waals surface area contributed by atoms with E-state index in [1.54, 1.807) is 6.92 Å². The van der Waals surface area contributed by atoms with Gasteiger partial charge in [-0.2, -0.15) is 0 Å². The molecule has 0 unspecified atom stereocenters. The van der Waals surface area contributed by atoms with Crippen LogP contribution in [0.2, 0.25) is 0 Å². The Morgan fingerprint density at radius 3 is 2.80 bits per heavy atom. The van der Waals surface area contributed by atoms with E-state index in [-0.39, 0.29) is 6.61 Å². The van der Waals surface area contributed by atoms with Crippen molar-refractivity contribution >= 4 is 0 Å². The lowest BCUT2D eigenvalue weighted by molar-refractivity contribution is 0.187. The summed E-state index contributed by atoms with van der Waals surface area (Å²) < 4.78 is 18.2. The summed E-state index contributed by atoms with van der Waals surface area (Å²) in [4.78, 5) is 0. The molecular formula is C11H15FO3. The summed E-state index contributed by atoms with van der Waals surface area (Å²) in [6, 6.07) is 4.01. The van der Waals surface area contributed by atoms with Crippen LogP contribution in [0.15, 0.2) is 18.2 Å². The van der Waals surface area contributed by atoms with Crippen LogP contribution in [-0.4, -0.2) is 23.4 Å². The minimum absolute atomic E-state index is 0.0271. The summed E-state index contributed by atoms with van der Waals surface area (Å²) in [5.41, 5.74) is 0.550. The first-order valence-electron chi connectivity index (χ1n) is 4.86. The number of ether oxygens (including phenoxy) is 1. The van der Waals surface area contributed by atoms with Gasteiger partial charge in [0.25, 0.3) is 0 Å². The van der Waals surface area contributed by atoms with Gasteiger partial charge in [0.2, 0.25) is 0 Å². The molecule has 0 aliphatic rings. The van der Waals surface area contributed by atoms with Crippen molar-refractivity contribution < 1.29 is 19.3 Å². The van der Waals surface area contributed by atoms with Gasteiger partial charge in [-0.15, -0.1) is 0 Å². The Balaban J connectivity index is 2.77. The van der Waals surface area contributed by atoms with E-state index in [0.29, 0.717) is 24.3 Å². The SMILES string of the molecule is C[C@H](O)c1ccc(F)cc1OCCCO. The molecule has 0 saturated heterocycles. The average Bonchev–Trinajstić information content (AvgIpc) is 2.18. The molecule has 0 saturated carbocycles. The second kappa shape index (κ2) is 5.68. The van der Waals surface area contributed by atoms with Crippen LogP contribution in [0.4, 0.5) is 4.39 Å². The van der Waals surface area contributed by atoms with Gasteiger partial charge < -0.3 is 14.9 Å². The fourth-order valence-electron chi connectivity index (χ4n) is 1.23. The number of halogens is 1. The van der Waals surface area contributed by atoms with Gasteiger partial charge in [0.05, 0.1) is 12.7 Å². The average molecular weight is 214 g/mol. The number of aliphatic hydroxyl groups excluding tert-OH is 2. The normalized spacial score (nSPS) is 12.5. The lowest BCUT2D eigenvalue weighted by atomic mass is 10.1. The lowest BCUT2D eigenvalue weighted by Gasteiger charge is -2.13. The Bertz CT molecular complexity index is 313. The Kier molecular flexibility index (Phi) is 4.52. The minimum atomic E-state index is -0.699. The third kappa shape index (κ3) is 3.49. The fraction of sp³-hybridized carbons (Fsp3) is 0.455. The molecule has 0 aliphatic heterocycles. The highest BCUT2D eigenvalue weighted by atomic mass is 19.1. The second-order valence-corrected chi connectivity index (χ2v) is 3.28. The van der Waals surface area contributed by atoms with Crippen molar-refractivity contribution in [2.45, 2.75) is 19.4 Å². The standard InChI is InChI=1S/C11H15FO3/c1-8(14)10-4-3-9(12)7-11(10)15-6-2-5-13/h3-4,7-8,13-14H,2,5-6H2,1H3/t8-/m0/s1. The van der Waals surface area contributed by atoms with Gasteiger partial charge in [-0.05, 0) is 19.1 Å². The first-order valence-corrected chi connectivity index (χ1v) is 4.86. The number of hydrogen-bond donors (Lipinski definition) is 2. The van der Waals surface area contributed by atoms with Gasteiger partial charge in [0.1, 0.15) is 11.6 Å². The maximum Gasteiger partial charge on any atom is 0.127 e. The molecule has 3 nitrogen and oxygen atoms in total. The summed E-state index contributed by atoms with van der Waals surface area (Å²) in [6.45, 7) is 1.92. The van der Waals surface area contributed by atoms with Crippen molar-refractivity contribution in [3.8, 4) is 5.75 Å². The highest BCUT2D eigenvalue weighted by Crippen LogP contribution is 2.25. The van der Waals surface area contributed by atoms with E-state index in [9.17, 15) is 9.50 Å². The molecule has 0 bridgehead atoms. The predicted molar refractivity (Wildman–Crippen MR) is 54.2 cm³/mol. The molecule has 0 spiro atoms. The monoisotopic (exact) mass is 214 g/mol. The molecule has 0 aliphatic carbocycles. The van der Waals surface area contributed by atoms with Crippen LogP contribution < -0.4 is 4.74 Å². The van der Waals surface area contributed by atoms with Crippen molar-refractivity contribution in [1.82, 2.24) is 0 Å². The molecule has 0 fully saturated rings. The molecule has 0 radical (unpaired) electrons. The van der Waals surface area contributed by atoms with Crippen LogP contribution >= 0.6 is 0 Å². The molecule has 4 heteroatoms. The molecule has 84 valence electrons. The van der Waals surface area contributed by atoms with Crippen molar-refractivity contribution in [1.29, 1.82) is 0 Å². The number of hydrogen-bond acceptors (Lipinski definition) is 3. The summed E-state index contributed by atoms with van der Waals surface area (Å²) >= 11 is 0. The topological polar surface area (TPSA) is 49.7 Å². The Morgan fingerprint density at radius 2 is 2.20 bits per heavy atom. The van der Waals surface area contributed by atoms with Crippen LogP contribution in [0.25, 0.3) is 0 Å². The Morgan fingerprint density at radius 1 is 1.47 bits per heavy atom. The number of rotatable bonds is 5. The smallest absolute Gasteiger partial charge is 0.127 e. The van der Waals surface area contributed by atoms with Gasteiger partial charge >= 0.3 is 0 Å². The fourth-order valence-corrected chi connectivity index (χ4v) is 1.23. The Hall–Kier alpha value is -1.13. The van der Waals surface area contributed by atoms with E-state index in [4.69, 9.17) is 9.84 Å². The zero-order valence-electron chi connectivity index (χ0n) is 8.61. The van der Waals surface area contributed by atoms with Gasteiger partial charge in [0.15, 0.2) is 0 Å². The first kappa shape index (κ1) is 11.9. The van der Waals surface area contributed by atoms with E-state index in [1.807, 2.05) is 0 Å². The van der Waals surface area contributed by atoms with Gasteiger partial charge in [0, 0.05) is 24.7 Å². The maximum atomic E-state index is 12.9. The molecule has 0 heterocycles. The molecular weight excluding hydrogens is 199 g/mol. The molecule has 1 aromatic carbocycles. The predicted octanol–water partition coefficient (Wildman–Crippen LogP) is 1.64. The van der Waals surface area contributed by atoms with Crippen LogP contribution in [0.1, 0.15) is 25.0 Å². The summed E-state index contributed by atoms with van der Waals surface area (Å²) in [5.74, 6) is -0.0724. The van der Waals surface area contributed by atoms with Gasteiger partial charge in [-0.25, -0.2) is 4.39 Å². The zero-order valence-corrected chi connectivity index (χ0v) is 8.61. The van der Waals surface area contributed by atoms with Crippen molar-refractivity contribution in [3.63, 3.8) is 0 Å². The van der Waals surface area contributed by atoms with Crippen molar-refractivity contribution in [3.05, 3.63) is 29.6 Å². The highest BCUT2D eigenvalue weighted by Gasteiger charge is 2.09. The van der Waals surface area contributed by atoms with E-state index < -0.39 is 11.9 Å². The van der Waals surface area contributed by atoms with Gasteiger partial charge in [-0.3, -0.25) is 0 Å². The largest absolute Gasteiger partial charge is 0.493 e. The molecule has 0 amide bonds. The third-order valence-corrected chi connectivity index (χ3v) is 1.99. The maximum absolute atomic E-state index is 12.9. The summed E-state index contributed by atoms with van der Waals surface area (Å²) in [7, 11) is 0. The van der Waals surface area contributed by atoms with Crippen LogP contribution in [0, 0.1) is 5.82 Å². The third-order valence-electron chi connectivity index (χ3n) is 1.99. The molecule has 1 rings (SSSR count). The summed E-state index contributed by atoms with van der Waals surface area (Å²) in [5, 5.41) is 18.0. The molecule has 15 heavy (non-hydrogen) atoms. The summed E-state index contributed by atoms with van der Waals surface area (Å²) in [6.07, 6.45) is -0.217. The van der Waals surface area contributed by atoms with Crippen molar-refractivity contribution in [2.75, 3.05) is 13.2 Å².